The number of halogens is 1. The summed E-state index contributed by atoms with van der Waals surface area (Å²) in [7, 11) is 0. The number of piperidine rings is 1. The molecular weight excluding hydrogens is 336 g/mol. The van der Waals surface area contributed by atoms with Crippen LogP contribution >= 0.6 is 11.6 Å². The zero-order chi connectivity index (χ0) is 17.6. The van der Waals surface area contributed by atoms with Crippen molar-refractivity contribution in [3.8, 4) is 0 Å². The van der Waals surface area contributed by atoms with Gasteiger partial charge in [0, 0.05) is 36.6 Å². The van der Waals surface area contributed by atoms with E-state index in [1.807, 2.05) is 29.2 Å². The van der Waals surface area contributed by atoms with E-state index in [0.29, 0.717) is 30.1 Å². The predicted octanol–water partition coefficient (Wildman–Crippen LogP) is 3.78. The van der Waals surface area contributed by atoms with Crippen LogP contribution in [-0.2, 0) is 17.9 Å². The molecule has 0 bridgehead atoms. The highest BCUT2D eigenvalue weighted by Crippen LogP contribution is 2.15. The standard InChI is InChI=1S/C20H21ClN2O2/c21-18-10-6-15(7-11-18)13-22-20(25)17-8-4-16(5-9-17)14-23-12-2-1-3-19(23)24/h4-11H,1-3,12-14H2,(H,22,25). The van der Waals surface area contributed by atoms with Crippen molar-refractivity contribution in [2.45, 2.75) is 32.4 Å². The first-order chi connectivity index (χ1) is 12.1. The minimum absolute atomic E-state index is 0.115. The van der Waals surface area contributed by atoms with Gasteiger partial charge < -0.3 is 10.2 Å². The summed E-state index contributed by atoms with van der Waals surface area (Å²) in [4.78, 5) is 26.0. The molecule has 4 nitrogen and oxygen atoms in total. The van der Waals surface area contributed by atoms with Crippen LogP contribution in [0.25, 0.3) is 0 Å². The molecule has 1 fully saturated rings. The van der Waals surface area contributed by atoms with Crippen molar-refractivity contribution in [1.82, 2.24) is 10.2 Å². The molecule has 3 rings (SSSR count). The lowest BCUT2D eigenvalue weighted by molar-refractivity contribution is -0.133. The van der Waals surface area contributed by atoms with Gasteiger partial charge in [0.15, 0.2) is 0 Å². The van der Waals surface area contributed by atoms with E-state index in [1.54, 1.807) is 24.3 Å². The van der Waals surface area contributed by atoms with Crippen LogP contribution in [0.3, 0.4) is 0 Å². The zero-order valence-electron chi connectivity index (χ0n) is 14.0. The quantitative estimate of drug-likeness (QED) is 0.886. The van der Waals surface area contributed by atoms with Gasteiger partial charge in [-0.3, -0.25) is 9.59 Å². The molecule has 2 aromatic carbocycles. The fourth-order valence-electron chi connectivity index (χ4n) is 2.90. The van der Waals surface area contributed by atoms with Gasteiger partial charge in [0.25, 0.3) is 5.91 Å². The van der Waals surface area contributed by atoms with Crippen molar-refractivity contribution in [3.63, 3.8) is 0 Å². The Morgan fingerprint density at radius 2 is 1.68 bits per heavy atom. The number of likely N-dealkylation sites (tertiary alicyclic amines) is 1. The third kappa shape index (κ3) is 4.83. The van der Waals surface area contributed by atoms with Crippen LogP contribution < -0.4 is 5.32 Å². The van der Waals surface area contributed by atoms with Gasteiger partial charge in [-0.05, 0) is 48.2 Å². The number of benzene rings is 2. The van der Waals surface area contributed by atoms with E-state index in [4.69, 9.17) is 11.6 Å². The summed E-state index contributed by atoms with van der Waals surface area (Å²) < 4.78 is 0. The van der Waals surface area contributed by atoms with Gasteiger partial charge in [-0.25, -0.2) is 0 Å². The smallest absolute Gasteiger partial charge is 0.251 e. The van der Waals surface area contributed by atoms with E-state index < -0.39 is 0 Å². The van der Waals surface area contributed by atoms with Crippen molar-refractivity contribution in [3.05, 3.63) is 70.2 Å². The van der Waals surface area contributed by atoms with E-state index in [0.717, 1.165) is 30.5 Å². The van der Waals surface area contributed by atoms with E-state index in [9.17, 15) is 9.59 Å². The molecule has 0 aliphatic carbocycles. The molecule has 0 saturated carbocycles. The highest BCUT2D eigenvalue weighted by atomic mass is 35.5. The van der Waals surface area contributed by atoms with Gasteiger partial charge in [0.1, 0.15) is 0 Å². The highest BCUT2D eigenvalue weighted by molar-refractivity contribution is 6.30. The summed E-state index contributed by atoms with van der Waals surface area (Å²) in [5.74, 6) is 0.103. The van der Waals surface area contributed by atoms with Crippen LogP contribution in [0.5, 0.6) is 0 Å². The topological polar surface area (TPSA) is 49.4 Å². The second kappa shape index (κ2) is 8.17. The SMILES string of the molecule is O=C(NCc1ccc(Cl)cc1)c1ccc(CN2CCCCC2=O)cc1. The van der Waals surface area contributed by atoms with E-state index in [-0.39, 0.29) is 11.8 Å². The number of hydrogen-bond donors (Lipinski definition) is 1. The Kier molecular flexibility index (Phi) is 5.71. The number of carbonyl (C=O) groups is 2. The number of amides is 2. The minimum Gasteiger partial charge on any atom is -0.348 e. The molecule has 1 aliphatic heterocycles. The zero-order valence-corrected chi connectivity index (χ0v) is 14.8. The molecule has 0 aromatic heterocycles. The van der Waals surface area contributed by atoms with Crippen LogP contribution in [0.2, 0.25) is 5.02 Å². The molecule has 25 heavy (non-hydrogen) atoms. The number of nitrogens with one attached hydrogen (secondary N) is 1. The molecule has 130 valence electrons. The first-order valence-corrected chi connectivity index (χ1v) is 8.89. The summed E-state index contributed by atoms with van der Waals surface area (Å²) in [6.07, 6.45) is 2.70. The Morgan fingerprint density at radius 3 is 2.36 bits per heavy atom. The molecular formula is C20H21ClN2O2. The van der Waals surface area contributed by atoms with Gasteiger partial charge in [-0.15, -0.1) is 0 Å². The molecule has 1 aliphatic rings. The summed E-state index contributed by atoms with van der Waals surface area (Å²) in [5.41, 5.74) is 2.66. The summed E-state index contributed by atoms with van der Waals surface area (Å²) >= 11 is 5.85. The van der Waals surface area contributed by atoms with Crippen LogP contribution in [0, 0.1) is 0 Å². The molecule has 2 aromatic rings. The number of hydrogen-bond acceptors (Lipinski definition) is 2. The monoisotopic (exact) mass is 356 g/mol. The molecule has 5 heteroatoms. The molecule has 0 atom stereocenters. The second-order valence-electron chi connectivity index (χ2n) is 6.28. The number of nitrogens with zero attached hydrogens (tertiary/aromatic N) is 1. The lowest BCUT2D eigenvalue weighted by Crippen LogP contribution is -2.34. The molecule has 1 saturated heterocycles. The average Bonchev–Trinajstić information content (AvgIpc) is 2.63. The van der Waals surface area contributed by atoms with E-state index >= 15 is 0 Å². The van der Waals surface area contributed by atoms with Crippen LogP contribution in [-0.4, -0.2) is 23.3 Å². The predicted molar refractivity (Wildman–Crippen MR) is 98.3 cm³/mol. The first-order valence-electron chi connectivity index (χ1n) is 8.51. The third-order valence-electron chi connectivity index (χ3n) is 4.38. The fraction of sp³-hybridized carbons (Fsp3) is 0.300. The Morgan fingerprint density at radius 1 is 1.00 bits per heavy atom. The van der Waals surface area contributed by atoms with E-state index in [2.05, 4.69) is 5.32 Å². The Hall–Kier alpha value is -2.33. The molecule has 1 N–H and O–H groups in total. The van der Waals surface area contributed by atoms with Gasteiger partial charge in [-0.2, -0.15) is 0 Å². The van der Waals surface area contributed by atoms with Crippen molar-refractivity contribution in [1.29, 1.82) is 0 Å². The number of carbonyl (C=O) groups excluding carboxylic acids is 2. The fourth-order valence-corrected chi connectivity index (χ4v) is 3.02. The van der Waals surface area contributed by atoms with Crippen LogP contribution in [0.1, 0.15) is 40.7 Å². The first kappa shape index (κ1) is 17.5. The Bertz CT molecular complexity index is 741. The normalized spacial score (nSPS) is 14.4. The van der Waals surface area contributed by atoms with Crippen molar-refractivity contribution < 1.29 is 9.59 Å². The Labute approximate surface area is 152 Å². The summed E-state index contributed by atoms with van der Waals surface area (Å²) in [6.45, 7) is 1.90. The van der Waals surface area contributed by atoms with Crippen LogP contribution in [0.15, 0.2) is 48.5 Å². The second-order valence-corrected chi connectivity index (χ2v) is 6.71. The Balaban J connectivity index is 1.55. The lowest BCUT2D eigenvalue weighted by atomic mass is 10.1. The molecule has 0 spiro atoms. The maximum atomic E-state index is 12.2. The van der Waals surface area contributed by atoms with Crippen molar-refractivity contribution in [2.24, 2.45) is 0 Å². The van der Waals surface area contributed by atoms with Crippen molar-refractivity contribution >= 4 is 23.4 Å². The largest absolute Gasteiger partial charge is 0.348 e. The van der Waals surface area contributed by atoms with E-state index in [1.165, 1.54) is 0 Å². The van der Waals surface area contributed by atoms with Gasteiger partial charge >= 0.3 is 0 Å². The number of rotatable bonds is 5. The van der Waals surface area contributed by atoms with Gasteiger partial charge in [0.05, 0.1) is 0 Å². The minimum atomic E-state index is -0.115. The molecule has 0 radical (unpaired) electrons. The average molecular weight is 357 g/mol. The third-order valence-corrected chi connectivity index (χ3v) is 4.63. The van der Waals surface area contributed by atoms with Crippen LogP contribution in [0.4, 0.5) is 0 Å². The lowest BCUT2D eigenvalue weighted by Gasteiger charge is -2.26. The molecule has 0 unspecified atom stereocenters. The van der Waals surface area contributed by atoms with Gasteiger partial charge in [-0.1, -0.05) is 35.9 Å². The summed E-state index contributed by atoms with van der Waals surface area (Å²) in [5, 5.41) is 3.57. The van der Waals surface area contributed by atoms with Gasteiger partial charge in [0.2, 0.25) is 5.91 Å². The highest BCUT2D eigenvalue weighted by Gasteiger charge is 2.18. The maximum absolute atomic E-state index is 12.2. The van der Waals surface area contributed by atoms with Crippen molar-refractivity contribution in [2.75, 3.05) is 6.54 Å². The summed E-state index contributed by atoms with van der Waals surface area (Å²) in [6, 6.07) is 14.8. The molecule has 1 heterocycles. The maximum Gasteiger partial charge on any atom is 0.251 e. The molecule has 2 amide bonds.